The zero-order valence-corrected chi connectivity index (χ0v) is 10.2. The average molecular weight is 266 g/mol. The summed E-state index contributed by atoms with van der Waals surface area (Å²) >= 11 is 0. The first kappa shape index (κ1) is 13.6. The van der Waals surface area contributed by atoms with Crippen LogP contribution in [0.1, 0.15) is 30.4 Å². The molecule has 2 rings (SSSR count). The molecule has 0 aromatic heterocycles. The van der Waals surface area contributed by atoms with Crippen LogP contribution in [0.5, 0.6) is 0 Å². The molecular weight excluding hydrogens is 253 g/mol. The predicted molar refractivity (Wildman–Crippen MR) is 67.4 cm³/mol. The number of hydrogen-bond acceptors (Lipinski definition) is 1. The minimum Gasteiger partial charge on any atom is -0.298 e. The Morgan fingerprint density at radius 3 is 2.16 bits per heavy atom. The summed E-state index contributed by atoms with van der Waals surface area (Å²) in [4.78, 5) is 10.8. The maximum Gasteiger partial charge on any atom is 0.416 e. The molecule has 0 heterocycles. The van der Waals surface area contributed by atoms with Crippen molar-refractivity contribution in [2.24, 2.45) is 0 Å². The number of alkyl halides is 3. The molecule has 0 aliphatic heterocycles. The maximum absolute atomic E-state index is 12.4. The highest BCUT2D eigenvalue weighted by molar-refractivity contribution is 5.77. The smallest absolute Gasteiger partial charge is 0.298 e. The molecule has 0 saturated heterocycles. The molecule has 19 heavy (non-hydrogen) atoms. The van der Waals surface area contributed by atoms with Crippen molar-refractivity contribution in [3.05, 3.63) is 52.6 Å². The van der Waals surface area contributed by atoms with Crippen molar-refractivity contribution < 1.29 is 18.0 Å². The molecule has 4 heteroatoms. The number of benzene rings is 1. The fourth-order valence-corrected chi connectivity index (χ4v) is 2.10. The molecule has 0 unspecified atom stereocenters. The Balaban J connectivity index is 2.14. The summed E-state index contributed by atoms with van der Waals surface area (Å²) in [5, 5.41) is 0. The van der Waals surface area contributed by atoms with Gasteiger partial charge in [-0.1, -0.05) is 24.3 Å². The van der Waals surface area contributed by atoms with Crippen LogP contribution in [-0.2, 0) is 11.0 Å². The molecule has 1 aliphatic rings. The van der Waals surface area contributed by atoms with Crippen LogP contribution in [0.2, 0.25) is 0 Å². The van der Waals surface area contributed by atoms with Gasteiger partial charge in [0, 0.05) is 0 Å². The summed E-state index contributed by atoms with van der Waals surface area (Å²) in [6.07, 6.45) is 2.71. The van der Waals surface area contributed by atoms with Crippen LogP contribution in [0.4, 0.5) is 13.2 Å². The molecule has 0 spiro atoms. The molecule has 0 amide bonds. The minimum atomic E-state index is -4.30. The molecular formula is C15H13F3O. The van der Waals surface area contributed by atoms with E-state index in [2.05, 4.69) is 0 Å². The van der Waals surface area contributed by atoms with E-state index in [-0.39, 0.29) is 0 Å². The second-order valence-electron chi connectivity index (χ2n) is 4.47. The van der Waals surface area contributed by atoms with Gasteiger partial charge in [-0.3, -0.25) is 4.79 Å². The van der Waals surface area contributed by atoms with E-state index in [0.717, 1.165) is 48.8 Å². The SMILES string of the molecule is O=CC1=C(C=Cc2ccc(C(F)(F)F)cc2)CCC1. The number of hydrogen-bond donors (Lipinski definition) is 0. The third-order valence-corrected chi connectivity index (χ3v) is 3.16. The zero-order chi connectivity index (χ0) is 13.9. The summed E-state index contributed by atoms with van der Waals surface area (Å²) in [6.45, 7) is 0. The van der Waals surface area contributed by atoms with E-state index < -0.39 is 11.7 Å². The van der Waals surface area contributed by atoms with Crippen LogP contribution >= 0.6 is 0 Å². The van der Waals surface area contributed by atoms with Gasteiger partial charge in [0.15, 0.2) is 0 Å². The van der Waals surface area contributed by atoms with Crippen LogP contribution in [0.3, 0.4) is 0 Å². The Kier molecular flexibility index (Phi) is 3.88. The highest BCUT2D eigenvalue weighted by Crippen LogP contribution is 2.30. The van der Waals surface area contributed by atoms with E-state index in [0.29, 0.717) is 5.56 Å². The lowest BCUT2D eigenvalue weighted by molar-refractivity contribution is -0.137. The van der Waals surface area contributed by atoms with Crippen LogP contribution in [-0.4, -0.2) is 6.29 Å². The van der Waals surface area contributed by atoms with Gasteiger partial charge in [-0.2, -0.15) is 13.2 Å². The Labute approximate surface area is 109 Å². The molecule has 0 N–H and O–H groups in total. The number of carbonyl (C=O) groups is 1. The largest absolute Gasteiger partial charge is 0.416 e. The first-order valence-corrected chi connectivity index (χ1v) is 6.03. The summed E-state index contributed by atoms with van der Waals surface area (Å²) in [6, 6.07) is 4.97. The van der Waals surface area contributed by atoms with Gasteiger partial charge in [-0.15, -0.1) is 0 Å². The molecule has 1 aromatic carbocycles. The molecule has 0 atom stereocenters. The molecule has 0 fully saturated rings. The van der Waals surface area contributed by atoms with Gasteiger partial charge < -0.3 is 0 Å². The molecule has 0 radical (unpaired) electrons. The zero-order valence-electron chi connectivity index (χ0n) is 10.2. The summed E-state index contributed by atoms with van der Waals surface area (Å²) in [7, 11) is 0. The standard InChI is InChI=1S/C15H13F3O/c16-15(17,18)14-8-5-11(6-9-14)4-7-12-2-1-3-13(12)10-19/h4-10H,1-3H2. The highest BCUT2D eigenvalue weighted by atomic mass is 19.4. The van der Waals surface area contributed by atoms with Crippen molar-refractivity contribution in [3.8, 4) is 0 Å². The van der Waals surface area contributed by atoms with Gasteiger partial charge >= 0.3 is 6.18 Å². The Hall–Kier alpha value is -1.84. The van der Waals surface area contributed by atoms with Crippen molar-refractivity contribution in [2.45, 2.75) is 25.4 Å². The van der Waals surface area contributed by atoms with Crippen molar-refractivity contribution >= 4 is 12.4 Å². The van der Waals surface area contributed by atoms with Crippen molar-refractivity contribution in [1.29, 1.82) is 0 Å². The topological polar surface area (TPSA) is 17.1 Å². The summed E-state index contributed by atoms with van der Waals surface area (Å²) in [5.74, 6) is 0. The summed E-state index contributed by atoms with van der Waals surface area (Å²) < 4.78 is 37.2. The van der Waals surface area contributed by atoms with Crippen molar-refractivity contribution in [1.82, 2.24) is 0 Å². The van der Waals surface area contributed by atoms with E-state index in [1.807, 2.05) is 6.08 Å². The van der Waals surface area contributed by atoms with E-state index >= 15 is 0 Å². The van der Waals surface area contributed by atoms with Crippen LogP contribution < -0.4 is 0 Å². The van der Waals surface area contributed by atoms with Crippen molar-refractivity contribution in [3.63, 3.8) is 0 Å². The lowest BCUT2D eigenvalue weighted by Gasteiger charge is -2.05. The van der Waals surface area contributed by atoms with E-state index in [1.54, 1.807) is 6.08 Å². The Morgan fingerprint density at radius 1 is 0.947 bits per heavy atom. The second-order valence-corrected chi connectivity index (χ2v) is 4.47. The Morgan fingerprint density at radius 2 is 1.58 bits per heavy atom. The first-order valence-electron chi connectivity index (χ1n) is 6.03. The van der Waals surface area contributed by atoms with Crippen LogP contribution in [0.25, 0.3) is 6.08 Å². The van der Waals surface area contributed by atoms with Gasteiger partial charge in [0.05, 0.1) is 5.56 Å². The average Bonchev–Trinajstić information content (AvgIpc) is 2.83. The van der Waals surface area contributed by atoms with Gasteiger partial charge in [0.25, 0.3) is 0 Å². The van der Waals surface area contributed by atoms with E-state index in [4.69, 9.17) is 0 Å². The lowest BCUT2D eigenvalue weighted by atomic mass is 10.1. The number of halogens is 3. The lowest BCUT2D eigenvalue weighted by Crippen LogP contribution is -2.03. The predicted octanol–water partition coefficient (Wildman–Crippen LogP) is 4.40. The highest BCUT2D eigenvalue weighted by Gasteiger charge is 2.29. The molecule has 100 valence electrons. The number of aldehydes is 1. The van der Waals surface area contributed by atoms with Crippen LogP contribution in [0.15, 0.2) is 41.5 Å². The minimum absolute atomic E-state index is 0.654. The quantitative estimate of drug-likeness (QED) is 0.741. The third kappa shape index (κ3) is 3.34. The first-order chi connectivity index (χ1) is 9.00. The van der Waals surface area contributed by atoms with E-state index in [9.17, 15) is 18.0 Å². The van der Waals surface area contributed by atoms with Crippen LogP contribution in [0, 0.1) is 0 Å². The molecule has 1 aromatic rings. The molecule has 1 aliphatic carbocycles. The maximum atomic E-state index is 12.4. The van der Waals surface area contributed by atoms with Gasteiger partial charge in [-0.05, 0) is 48.1 Å². The number of allylic oxidation sites excluding steroid dienone is 3. The Bertz CT molecular complexity index is 521. The number of carbonyl (C=O) groups excluding carboxylic acids is 1. The van der Waals surface area contributed by atoms with Gasteiger partial charge in [0.2, 0.25) is 0 Å². The van der Waals surface area contributed by atoms with Gasteiger partial charge in [0.1, 0.15) is 6.29 Å². The normalized spacial score (nSPS) is 16.4. The summed E-state index contributed by atoms with van der Waals surface area (Å²) in [5.41, 5.74) is 1.81. The molecule has 0 bridgehead atoms. The monoisotopic (exact) mass is 266 g/mol. The molecule has 0 saturated carbocycles. The number of rotatable bonds is 3. The third-order valence-electron chi connectivity index (χ3n) is 3.16. The van der Waals surface area contributed by atoms with E-state index in [1.165, 1.54) is 12.1 Å². The van der Waals surface area contributed by atoms with Gasteiger partial charge in [-0.25, -0.2) is 0 Å². The second kappa shape index (κ2) is 5.43. The molecule has 1 nitrogen and oxygen atoms in total. The van der Waals surface area contributed by atoms with Crippen molar-refractivity contribution in [2.75, 3.05) is 0 Å². The fourth-order valence-electron chi connectivity index (χ4n) is 2.10. The fraction of sp³-hybridized carbons (Fsp3) is 0.267.